The number of nitrogens with one attached hydrogen (secondary N) is 4. The molecule has 2 amide bonds. The molecule has 146 valence electrons. The van der Waals surface area contributed by atoms with Crippen molar-refractivity contribution in [3.05, 3.63) is 83.9 Å². The summed E-state index contributed by atoms with van der Waals surface area (Å²) in [6.07, 6.45) is 0. The van der Waals surface area contributed by atoms with Crippen LogP contribution in [-0.2, 0) is 0 Å². The molecule has 0 spiro atoms. The van der Waals surface area contributed by atoms with Crippen LogP contribution in [0.3, 0.4) is 0 Å². The number of amides is 2. The molecular weight excluding hydrogens is 380 g/mol. The van der Waals surface area contributed by atoms with E-state index >= 15 is 0 Å². The van der Waals surface area contributed by atoms with Gasteiger partial charge in [0.2, 0.25) is 0 Å². The number of aromatic nitrogens is 4. The highest BCUT2D eigenvalue weighted by atomic mass is 16.2. The van der Waals surface area contributed by atoms with Crippen molar-refractivity contribution in [1.29, 1.82) is 0 Å². The van der Waals surface area contributed by atoms with E-state index in [9.17, 15) is 9.59 Å². The van der Waals surface area contributed by atoms with E-state index in [-0.39, 0.29) is 11.8 Å². The Labute approximate surface area is 170 Å². The van der Waals surface area contributed by atoms with Gasteiger partial charge in [-0.3, -0.25) is 19.8 Å². The second-order valence-corrected chi connectivity index (χ2v) is 6.72. The summed E-state index contributed by atoms with van der Waals surface area (Å²) in [5, 5.41) is 21.3. The summed E-state index contributed by atoms with van der Waals surface area (Å²) in [6.45, 7) is 0. The van der Waals surface area contributed by atoms with Crippen LogP contribution in [0, 0.1) is 0 Å². The molecule has 8 heteroatoms. The Bertz CT molecular complexity index is 1280. The van der Waals surface area contributed by atoms with Crippen molar-refractivity contribution in [1.82, 2.24) is 20.4 Å². The van der Waals surface area contributed by atoms with Crippen LogP contribution in [0.4, 0.5) is 11.6 Å². The fourth-order valence-corrected chi connectivity index (χ4v) is 3.25. The van der Waals surface area contributed by atoms with Gasteiger partial charge in [-0.2, -0.15) is 10.2 Å². The van der Waals surface area contributed by atoms with Crippen molar-refractivity contribution >= 4 is 45.3 Å². The highest BCUT2D eigenvalue weighted by Crippen LogP contribution is 2.21. The number of benzene rings is 3. The SMILES string of the molecule is O=C(Nc1n[nH]c2ccccc12)c1ccc(C(=O)Nc2n[nH]c3ccccc23)cc1. The minimum Gasteiger partial charge on any atom is -0.305 e. The topological polar surface area (TPSA) is 116 Å². The molecule has 0 bridgehead atoms. The van der Waals surface area contributed by atoms with Gasteiger partial charge in [0.1, 0.15) is 0 Å². The number of fused-ring (bicyclic) bond motifs is 2. The Morgan fingerprint density at radius 2 is 1.00 bits per heavy atom. The fourth-order valence-electron chi connectivity index (χ4n) is 3.25. The van der Waals surface area contributed by atoms with Crippen molar-refractivity contribution in [2.24, 2.45) is 0 Å². The lowest BCUT2D eigenvalue weighted by molar-refractivity contribution is 0.101. The van der Waals surface area contributed by atoms with Gasteiger partial charge in [0.05, 0.1) is 11.0 Å². The Morgan fingerprint density at radius 3 is 1.43 bits per heavy atom. The zero-order chi connectivity index (χ0) is 20.5. The normalized spacial score (nSPS) is 10.9. The molecule has 5 aromatic rings. The highest BCUT2D eigenvalue weighted by molar-refractivity contribution is 6.10. The zero-order valence-corrected chi connectivity index (χ0v) is 15.6. The first-order valence-electron chi connectivity index (χ1n) is 9.28. The third-order valence-electron chi connectivity index (χ3n) is 4.81. The van der Waals surface area contributed by atoms with Gasteiger partial charge in [-0.1, -0.05) is 24.3 Å². The van der Waals surface area contributed by atoms with E-state index < -0.39 is 0 Å². The van der Waals surface area contributed by atoms with Crippen LogP contribution in [0.1, 0.15) is 20.7 Å². The van der Waals surface area contributed by atoms with Crippen molar-refractivity contribution in [3.63, 3.8) is 0 Å². The summed E-state index contributed by atoms with van der Waals surface area (Å²) in [6, 6.07) is 21.5. The summed E-state index contributed by atoms with van der Waals surface area (Å²) in [7, 11) is 0. The standard InChI is InChI=1S/C22H16N6O2/c29-21(23-19-15-5-1-3-7-17(15)25-27-19)13-9-11-14(12-10-13)22(30)24-20-16-6-2-4-8-18(16)26-28-20/h1-12H,(H2,23,25,27,29)(H2,24,26,28,30). The first kappa shape index (κ1) is 17.6. The van der Waals surface area contributed by atoms with Gasteiger partial charge in [0.25, 0.3) is 11.8 Å². The Morgan fingerprint density at radius 1 is 0.600 bits per heavy atom. The Balaban J connectivity index is 1.31. The molecule has 8 nitrogen and oxygen atoms in total. The van der Waals surface area contributed by atoms with Gasteiger partial charge in [-0.15, -0.1) is 0 Å². The summed E-state index contributed by atoms with van der Waals surface area (Å²) in [5.74, 6) is 0.306. The molecule has 0 aliphatic rings. The average Bonchev–Trinajstić information content (AvgIpc) is 3.38. The number of carbonyl (C=O) groups is 2. The second kappa shape index (κ2) is 7.17. The van der Waals surface area contributed by atoms with Gasteiger partial charge >= 0.3 is 0 Å². The van der Waals surface area contributed by atoms with E-state index in [1.54, 1.807) is 24.3 Å². The molecule has 0 aliphatic heterocycles. The maximum atomic E-state index is 12.6. The smallest absolute Gasteiger partial charge is 0.256 e. The second-order valence-electron chi connectivity index (χ2n) is 6.72. The molecule has 4 N–H and O–H groups in total. The quantitative estimate of drug-likeness (QED) is 0.368. The average molecular weight is 396 g/mol. The van der Waals surface area contributed by atoms with E-state index in [2.05, 4.69) is 31.0 Å². The Kier molecular flexibility index (Phi) is 4.21. The van der Waals surface area contributed by atoms with Crippen LogP contribution in [0.15, 0.2) is 72.8 Å². The number of H-pyrrole nitrogens is 2. The van der Waals surface area contributed by atoms with E-state index in [1.165, 1.54) is 0 Å². The molecular formula is C22H16N6O2. The molecule has 0 atom stereocenters. The van der Waals surface area contributed by atoms with Gasteiger partial charge in [0.15, 0.2) is 11.6 Å². The largest absolute Gasteiger partial charge is 0.305 e. The Hall–Kier alpha value is -4.46. The predicted molar refractivity (Wildman–Crippen MR) is 115 cm³/mol. The van der Waals surface area contributed by atoms with Gasteiger partial charge in [0, 0.05) is 21.9 Å². The fraction of sp³-hybridized carbons (Fsp3) is 0. The molecule has 30 heavy (non-hydrogen) atoms. The number of hydrogen-bond donors (Lipinski definition) is 4. The van der Waals surface area contributed by atoms with Gasteiger partial charge < -0.3 is 10.6 Å². The first-order chi connectivity index (χ1) is 14.7. The predicted octanol–water partition coefficient (Wildman–Crippen LogP) is 3.94. The van der Waals surface area contributed by atoms with Crippen molar-refractivity contribution in [3.8, 4) is 0 Å². The lowest BCUT2D eigenvalue weighted by atomic mass is 10.1. The molecule has 2 aromatic heterocycles. The molecule has 0 fully saturated rings. The van der Waals surface area contributed by atoms with Crippen LogP contribution in [0.2, 0.25) is 0 Å². The molecule has 0 aliphatic carbocycles. The van der Waals surface area contributed by atoms with Crippen LogP contribution >= 0.6 is 0 Å². The minimum absolute atomic E-state index is 0.308. The summed E-state index contributed by atoms with van der Waals surface area (Å²) >= 11 is 0. The number of carbonyl (C=O) groups excluding carboxylic acids is 2. The molecule has 0 unspecified atom stereocenters. The molecule has 3 aromatic carbocycles. The molecule has 0 radical (unpaired) electrons. The van der Waals surface area contributed by atoms with Crippen LogP contribution in [0.5, 0.6) is 0 Å². The molecule has 0 saturated heterocycles. The number of nitrogens with zero attached hydrogens (tertiary/aromatic N) is 2. The van der Waals surface area contributed by atoms with Crippen molar-refractivity contribution in [2.45, 2.75) is 0 Å². The zero-order valence-electron chi connectivity index (χ0n) is 15.6. The summed E-state index contributed by atoms with van der Waals surface area (Å²) in [5.41, 5.74) is 2.52. The summed E-state index contributed by atoms with van der Waals surface area (Å²) < 4.78 is 0. The number of anilines is 2. The number of rotatable bonds is 4. The molecule has 5 rings (SSSR count). The maximum absolute atomic E-state index is 12.6. The van der Waals surface area contributed by atoms with Crippen LogP contribution < -0.4 is 10.6 Å². The third-order valence-corrected chi connectivity index (χ3v) is 4.81. The molecule has 2 heterocycles. The van der Waals surface area contributed by atoms with Crippen LogP contribution in [-0.4, -0.2) is 32.2 Å². The third kappa shape index (κ3) is 3.16. The van der Waals surface area contributed by atoms with Crippen LogP contribution in [0.25, 0.3) is 21.8 Å². The first-order valence-corrected chi connectivity index (χ1v) is 9.28. The van der Waals surface area contributed by atoms with E-state index in [1.807, 2.05) is 48.5 Å². The lowest BCUT2D eigenvalue weighted by Gasteiger charge is -2.05. The monoisotopic (exact) mass is 396 g/mol. The minimum atomic E-state index is -0.308. The molecule has 0 saturated carbocycles. The van der Waals surface area contributed by atoms with E-state index in [4.69, 9.17) is 0 Å². The maximum Gasteiger partial charge on any atom is 0.256 e. The number of hydrogen-bond acceptors (Lipinski definition) is 4. The van der Waals surface area contributed by atoms with E-state index in [0.717, 1.165) is 21.8 Å². The number of para-hydroxylation sites is 2. The van der Waals surface area contributed by atoms with E-state index in [0.29, 0.717) is 22.8 Å². The number of aromatic amines is 2. The highest BCUT2D eigenvalue weighted by Gasteiger charge is 2.14. The lowest BCUT2D eigenvalue weighted by Crippen LogP contribution is -2.15. The summed E-state index contributed by atoms with van der Waals surface area (Å²) in [4.78, 5) is 25.1. The van der Waals surface area contributed by atoms with Gasteiger partial charge in [-0.05, 0) is 48.5 Å². The van der Waals surface area contributed by atoms with Crippen molar-refractivity contribution < 1.29 is 9.59 Å². The van der Waals surface area contributed by atoms with Gasteiger partial charge in [-0.25, -0.2) is 0 Å². The van der Waals surface area contributed by atoms with Crippen molar-refractivity contribution in [2.75, 3.05) is 10.6 Å².